The Morgan fingerprint density at radius 1 is 0.967 bits per heavy atom. The topological polar surface area (TPSA) is 103 Å². The van der Waals surface area contributed by atoms with Gasteiger partial charge in [0, 0.05) is 0 Å². The maximum atomic E-state index is 12.3. The van der Waals surface area contributed by atoms with Gasteiger partial charge < -0.3 is 29.4 Å². The first kappa shape index (κ1) is 23.0. The molecule has 8 heteroatoms. The van der Waals surface area contributed by atoms with E-state index in [0.717, 1.165) is 5.56 Å². The lowest BCUT2D eigenvalue weighted by atomic mass is 10.0. The van der Waals surface area contributed by atoms with Gasteiger partial charge >= 0.3 is 12.1 Å². The summed E-state index contributed by atoms with van der Waals surface area (Å²) >= 11 is 0. The number of aliphatic hydroxyl groups excluding tert-OH is 1. The second kappa shape index (κ2) is 11.7. The Labute approximate surface area is 175 Å². The number of hydrogen-bond donors (Lipinski definition) is 2. The van der Waals surface area contributed by atoms with Gasteiger partial charge in [-0.3, -0.25) is 0 Å². The first-order valence-electron chi connectivity index (χ1n) is 9.51. The fourth-order valence-electron chi connectivity index (χ4n) is 2.81. The Balaban J connectivity index is 2.11. The average Bonchev–Trinajstić information content (AvgIpc) is 2.77. The third-order valence-electron chi connectivity index (χ3n) is 4.33. The summed E-state index contributed by atoms with van der Waals surface area (Å²) in [4.78, 5) is 24.3. The van der Waals surface area contributed by atoms with Crippen molar-refractivity contribution in [3.8, 4) is 11.5 Å². The van der Waals surface area contributed by atoms with Crippen molar-refractivity contribution in [2.45, 2.75) is 32.1 Å². The predicted octanol–water partition coefficient (Wildman–Crippen LogP) is 2.47. The number of rotatable bonds is 10. The van der Waals surface area contributed by atoms with Crippen molar-refractivity contribution in [1.29, 1.82) is 0 Å². The molecule has 0 aliphatic heterocycles. The summed E-state index contributed by atoms with van der Waals surface area (Å²) in [6, 6.07) is 13.4. The van der Waals surface area contributed by atoms with E-state index in [2.05, 4.69) is 5.32 Å². The molecule has 0 bridgehead atoms. The Kier molecular flexibility index (Phi) is 8.96. The van der Waals surface area contributed by atoms with Crippen LogP contribution < -0.4 is 14.8 Å². The Morgan fingerprint density at radius 2 is 1.67 bits per heavy atom. The zero-order chi connectivity index (χ0) is 21.9. The van der Waals surface area contributed by atoms with E-state index < -0.39 is 24.2 Å². The quantitative estimate of drug-likeness (QED) is 0.573. The van der Waals surface area contributed by atoms with Crippen LogP contribution >= 0.6 is 0 Å². The van der Waals surface area contributed by atoms with Gasteiger partial charge in [0.15, 0.2) is 17.6 Å². The lowest BCUT2D eigenvalue weighted by Crippen LogP contribution is -2.49. The van der Waals surface area contributed by atoms with E-state index >= 15 is 0 Å². The molecule has 2 rings (SSSR count). The van der Waals surface area contributed by atoms with Crippen molar-refractivity contribution >= 4 is 12.1 Å². The zero-order valence-electron chi connectivity index (χ0n) is 17.3. The van der Waals surface area contributed by atoms with Crippen LogP contribution in [0.15, 0.2) is 48.5 Å². The van der Waals surface area contributed by atoms with Gasteiger partial charge in [-0.15, -0.1) is 0 Å². The SMILES string of the molecule is CCOC(=O)C(O)C(Cc1ccc(OC)c(OC)c1)NC(=O)OCc1ccccc1. The van der Waals surface area contributed by atoms with Gasteiger partial charge in [0.25, 0.3) is 0 Å². The minimum atomic E-state index is -1.57. The predicted molar refractivity (Wildman–Crippen MR) is 109 cm³/mol. The molecule has 0 heterocycles. The zero-order valence-corrected chi connectivity index (χ0v) is 17.3. The van der Waals surface area contributed by atoms with Gasteiger partial charge in [-0.1, -0.05) is 36.4 Å². The lowest BCUT2D eigenvalue weighted by Gasteiger charge is -2.23. The number of methoxy groups -OCH3 is 2. The van der Waals surface area contributed by atoms with Gasteiger partial charge in [-0.05, 0) is 36.6 Å². The van der Waals surface area contributed by atoms with Crippen LogP contribution in [0.2, 0.25) is 0 Å². The van der Waals surface area contributed by atoms with Crippen LogP contribution in [-0.4, -0.2) is 50.1 Å². The van der Waals surface area contributed by atoms with Gasteiger partial charge in [-0.2, -0.15) is 0 Å². The van der Waals surface area contributed by atoms with E-state index in [9.17, 15) is 14.7 Å². The molecular weight excluding hydrogens is 390 g/mol. The summed E-state index contributed by atoms with van der Waals surface area (Å²) in [6.07, 6.45) is -2.18. The minimum absolute atomic E-state index is 0.0608. The molecule has 0 spiro atoms. The number of alkyl carbamates (subject to hydrolysis) is 1. The summed E-state index contributed by atoms with van der Waals surface area (Å²) < 4.78 is 20.6. The molecule has 0 radical (unpaired) electrons. The molecule has 2 N–H and O–H groups in total. The molecule has 0 aromatic heterocycles. The summed E-state index contributed by atoms with van der Waals surface area (Å²) in [5.41, 5.74) is 1.53. The number of amides is 1. The molecule has 0 saturated carbocycles. The van der Waals surface area contributed by atoms with Crippen molar-refractivity contribution in [3.63, 3.8) is 0 Å². The smallest absolute Gasteiger partial charge is 0.407 e. The lowest BCUT2D eigenvalue weighted by molar-refractivity contribution is -0.154. The van der Waals surface area contributed by atoms with Crippen LogP contribution in [0, 0.1) is 0 Å². The van der Waals surface area contributed by atoms with Crippen molar-refractivity contribution in [3.05, 3.63) is 59.7 Å². The highest BCUT2D eigenvalue weighted by Crippen LogP contribution is 2.28. The van der Waals surface area contributed by atoms with Gasteiger partial charge in [0.1, 0.15) is 6.61 Å². The second-order valence-electron chi connectivity index (χ2n) is 6.40. The number of ether oxygens (including phenoxy) is 4. The number of hydrogen-bond acceptors (Lipinski definition) is 7. The van der Waals surface area contributed by atoms with Crippen LogP contribution in [0.25, 0.3) is 0 Å². The molecule has 162 valence electrons. The van der Waals surface area contributed by atoms with E-state index in [-0.39, 0.29) is 19.6 Å². The van der Waals surface area contributed by atoms with E-state index in [4.69, 9.17) is 18.9 Å². The average molecular weight is 417 g/mol. The second-order valence-corrected chi connectivity index (χ2v) is 6.40. The summed E-state index contributed by atoms with van der Waals surface area (Å²) in [5.74, 6) is 0.205. The Hall–Kier alpha value is -3.26. The highest BCUT2D eigenvalue weighted by molar-refractivity contribution is 5.77. The van der Waals surface area contributed by atoms with Crippen LogP contribution in [0.1, 0.15) is 18.1 Å². The van der Waals surface area contributed by atoms with Crippen molar-refractivity contribution in [1.82, 2.24) is 5.32 Å². The van der Waals surface area contributed by atoms with Crippen LogP contribution in [0.4, 0.5) is 4.79 Å². The molecule has 8 nitrogen and oxygen atoms in total. The van der Waals surface area contributed by atoms with Crippen molar-refractivity contribution in [2.75, 3.05) is 20.8 Å². The largest absolute Gasteiger partial charge is 0.493 e. The Morgan fingerprint density at radius 3 is 2.30 bits per heavy atom. The molecule has 1 amide bonds. The standard InChI is InChI=1S/C22H27NO7/c1-4-29-21(25)20(24)17(12-16-10-11-18(27-2)19(13-16)28-3)23-22(26)30-14-15-8-6-5-7-9-15/h5-11,13,17,20,24H,4,12,14H2,1-3H3,(H,23,26). The molecular formula is C22H27NO7. The molecule has 0 saturated heterocycles. The molecule has 2 aromatic carbocycles. The molecule has 0 aliphatic rings. The maximum Gasteiger partial charge on any atom is 0.407 e. The summed E-state index contributed by atoms with van der Waals surface area (Å²) in [7, 11) is 3.03. The van der Waals surface area contributed by atoms with E-state index in [0.29, 0.717) is 17.1 Å². The molecule has 30 heavy (non-hydrogen) atoms. The first-order valence-corrected chi connectivity index (χ1v) is 9.51. The molecule has 2 unspecified atom stereocenters. The van der Waals surface area contributed by atoms with E-state index in [1.165, 1.54) is 14.2 Å². The number of nitrogens with one attached hydrogen (secondary N) is 1. The van der Waals surface area contributed by atoms with E-state index in [1.807, 2.05) is 30.3 Å². The molecule has 2 aromatic rings. The normalized spacial score (nSPS) is 12.4. The highest BCUT2D eigenvalue weighted by Gasteiger charge is 2.30. The maximum absolute atomic E-state index is 12.3. The van der Waals surface area contributed by atoms with Crippen LogP contribution in [0.5, 0.6) is 11.5 Å². The number of benzene rings is 2. The number of carbonyl (C=O) groups is 2. The first-order chi connectivity index (χ1) is 14.5. The third kappa shape index (κ3) is 6.66. The van der Waals surface area contributed by atoms with Crippen LogP contribution in [0.3, 0.4) is 0 Å². The Bertz CT molecular complexity index is 825. The highest BCUT2D eigenvalue weighted by atomic mass is 16.6. The third-order valence-corrected chi connectivity index (χ3v) is 4.33. The number of aliphatic hydroxyl groups is 1. The fourth-order valence-corrected chi connectivity index (χ4v) is 2.81. The monoisotopic (exact) mass is 417 g/mol. The molecule has 2 atom stereocenters. The van der Waals surface area contributed by atoms with Crippen molar-refractivity contribution in [2.24, 2.45) is 0 Å². The number of esters is 1. The number of carbonyl (C=O) groups excluding carboxylic acids is 2. The minimum Gasteiger partial charge on any atom is -0.493 e. The van der Waals surface area contributed by atoms with Crippen LogP contribution in [-0.2, 0) is 27.3 Å². The fraction of sp³-hybridized carbons (Fsp3) is 0.364. The summed E-state index contributed by atoms with van der Waals surface area (Å²) in [6.45, 7) is 1.80. The van der Waals surface area contributed by atoms with E-state index in [1.54, 1.807) is 25.1 Å². The van der Waals surface area contributed by atoms with Crippen molar-refractivity contribution < 1.29 is 33.6 Å². The van der Waals surface area contributed by atoms with Gasteiger partial charge in [0.05, 0.1) is 26.9 Å². The molecule has 0 fully saturated rings. The molecule has 0 aliphatic carbocycles. The summed E-state index contributed by atoms with van der Waals surface area (Å²) in [5, 5.41) is 13.0. The van der Waals surface area contributed by atoms with Gasteiger partial charge in [0.2, 0.25) is 0 Å². The van der Waals surface area contributed by atoms with Gasteiger partial charge in [-0.25, -0.2) is 9.59 Å².